The van der Waals surface area contributed by atoms with Gasteiger partial charge in [0.15, 0.2) is 12.4 Å². The zero-order valence-electron chi connectivity index (χ0n) is 17.0. The number of hydrogen-bond donors (Lipinski definition) is 2. The number of aryl methyl sites for hydroxylation is 1. The molecule has 2 aromatic heterocycles. The first-order valence-corrected chi connectivity index (χ1v) is 9.36. The molecule has 3 rings (SSSR count). The second-order valence-electron chi connectivity index (χ2n) is 7.38. The smallest absolute Gasteiger partial charge is 0.422 e. The van der Waals surface area contributed by atoms with Gasteiger partial charge in [0.25, 0.3) is 0 Å². The van der Waals surface area contributed by atoms with Crippen LogP contribution in [0.3, 0.4) is 0 Å². The number of nitrogens with zero attached hydrogens (tertiary/aromatic N) is 4. The van der Waals surface area contributed by atoms with Crippen LogP contribution in [0.25, 0.3) is 0 Å². The van der Waals surface area contributed by atoms with Crippen LogP contribution < -0.4 is 20.3 Å². The van der Waals surface area contributed by atoms with Gasteiger partial charge in [-0.3, -0.25) is 4.79 Å². The number of anilines is 3. The van der Waals surface area contributed by atoms with Crippen molar-refractivity contribution < 1.29 is 22.7 Å². The number of nitrogens with one attached hydrogen (secondary N) is 2. The minimum absolute atomic E-state index is 0.0850. The second-order valence-corrected chi connectivity index (χ2v) is 7.38. The molecular weight excluding hydrogens is 401 g/mol. The van der Waals surface area contributed by atoms with E-state index in [1.807, 2.05) is 25.8 Å². The summed E-state index contributed by atoms with van der Waals surface area (Å²) in [6.07, 6.45) is -3.06. The molecule has 0 fully saturated rings. The van der Waals surface area contributed by atoms with E-state index >= 15 is 0 Å². The maximum Gasteiger partial charge on any atom is 0.422 e. The normalized spacial score (nSPS) is 16.3. The molecule has 3 heterocycles. The Morgan fingerprint density at radius 1 is 1.33 bits per heavy atom. The van der Waals surface area contributed by atoms with E-state index in [2.05, 4.69) is 30.3 Å². The maximum atomic E-state index is 12.4. The third-order valence-electron chi connectivity index (χ3n) is 4.60. The van der Waals surface area contributed by atoms with E-state index in [0.29, 0.717) is 28.7 Å². The number of ether oxygens (including phenoxy) is 1. The molecule has 162 valence electrons. The van der Waals surface area contributed by atoms with Gasteiger partial charge in [0.05, 0.1) is 5.69 Å². The summed E-state index contributed by atoms with van der Waals surface area (Å²) in [5.74, 6) is 0.812. The van der Waals surface area contributed by atoms with Crippen molar-refractivity contribution in [2.75, 3.05) is 29.2 Å². The van der Waals surface area contributed by atoms with Gasteiger partial charge in [-0.25, -0.2) is 9.97 Å². The first kappa shape index (κ1) is 21.6. The molecule has 1 amide bonds. The highest BCUT2D eigenvalue weighted by Gasteiger charge is 2.35. The number of likely N-dealkylation sites (N-methyl/N-ethyl adjacent to an activating group) is 1. The number of carbonyl (C=O) groups excluding carboxylic acids is 1. The highest BCUT2D eigenvalue weighted by Crippen LogP contribution is 2.34. The van der Waals surface area contributed by atoms with E-state index in [1.165, 1.54) is 12.3 Å². The molecule has 0 saturated carbocycles. The summed E-state index contributed by atoms with van der Waals surface area (Å²) in [5, 5.41) is 5.93. The van der Waals surface area contributed by atoms with Crippen LogP contribution >= 0.6 is 0 Å². The fourth-order valence-corrected chi connectivity index (χ4v) is 3.27. The average Bonchev–Trinajstić information content (AvgIpc) is 2.65. The van der Waals surface area contributed by atoms with Crippen LogP contribution in [0.4, 0.5) is 30.6 Å². The maximum absolute atomic E-state index is 12.4. The van der Waals surface area contributed by atoms with Crippen molar-refractivity contribution in [1.82, 2.24) is 15.0 Å². The Hall–Kier alpha value is -3.11. The molecule has 0 saturated heterocycles. The lowest BCUT2D eigenvalue weighted by atomic mass is 9.99. The number of hydrogen-bond acceptors (Lipinski definition) is 7. The van der Waals surface area contributed by atoms with Gasteiger partial charge in [-0.2, -0.15) is 18.2 Å². The van der Waals surface area contributed by atoms with Gasteiger partial charge in [0, 0.05) is 25.9 Å². The van der Waals surface area contributed by atoms with Crippen LogP contribution in [-0.4, -0.2) is 46.7 Å². The Morgan fingerprint density at radius 3 is 2.73 bits per heavy atom. The van der Waals surface area contributed by atoms with Crippen LogP contribution in [0.1, 0.15) is 25.1 Å². The van der Waals surface area contributed by atoms with Crippen LogP contribution in [0, 0.1) is 12.8 Å². The van der Waals surface area contributed by atoms with Gasteiger partial charge in [0.1, 0.15) is 11.7 Å². The summed E-state index contributed by atoms with van der Waals surface area (Å²) in [7, 11) is 1.81. The molecule has 1 aliphatic rings. The summed E-state index contributed by atoms with van der Waals surface area (Å²) >= 11 is 0. The van der Waals surface area contributed by atoms with Gasteiger partial charge in [0.2, 0.25) is 17.7 Å². The lowest BCUT2D eigenvalue weighted by Gasteiger charge is -2.36. The number of aromatic nitrogens is 3. The molecule has 8 nitrogen and oxygen atoms in total. The Morgan fingerprint density at radius 2 is 2.07 bits per heavy atom. The Labute approximate surface area is 171 Å². The van der Waals surface area contributed by atoms with Gasteiger partial charge >= 0.3 is 6.18 Å². The van der Waals surface area contributed by atoms with Crippen molar-refractivity contribution in [3.8, 4) is 5.88 Å². The van der Waals surface area contributed by atoms with Crippen molar-refractivity contribution >= 4 is 23.4 Å². The van der Waals surface area contributed by atoms with Gasteiger partial charge in [-0.15, -0.1) is 0 Å². The topological polar surface area (TPSA) is 92.3 Å². The number of fused-ring (bicyclic) bond motifs is 1. The van der Waals surface area contributed by atoms with Crippen LogP contribution in [0.15, 0.2) is 18.3 Å². The number of pyridine rings is 1. The van der Waals surface area contributed by atoms with E-state index in [9.17, 15) is 18.0 Å². The highest BCUT2D eigenvalue weighted by molar-refractivity contribution is 6.03. The van der Waals surface area contributed by atoms with Crippen molar-refractivity contribution in [3.63, 3.8) is 0 Å². The van der Waals surface area contributed by atoms with Gasteiger partial charge in [-0.1, -0.05) is 13.8 Å². The molecule has 0 spiro atoms. The molecule has 1 atom stereocenters. The third kappa shape index (κ3) is 4.89. The molecule has 2 aromatic rings. The number of alkyl halides is 3. The van der Waals surface area contributed by atoms with E-state index < -0.39 is 12.8 Å². The van der Waals surface area contributed by atoms with E-state index in [4.69, 9.17) is 0 Å². The largest absolute Gasteiger partial charge is 0.468 e. The number of carbonyl (C=O) groups is 1. The second kappa shape index (κ2) is 8.33. The van der Waals surface area contributed by atoms with Crippen molar-refractivity contribution in [2.45, 2.75) is 39.5 Å². The molecule has 11 heteroatoms. The summed E-state index contributed by atoms with van der Waals surface area (Å²) in [4.78, 5) is 26.9. The van der Waals surface area contributed by atoms with Crippen LogP contribution in [0.2, 0.25) is 0 Å². The molecule has 0 aromatic carbocycles. The number of amides is 1. The molecule has 2 N–H and O–H groups in total. The van der Waals surface area contributed by atoms with Crippen LogP contribution in [-0.2, 0) is 11.3 Å². The molecule has 30 heavy (non-hydrogen) atoms. The Balaban J connectivity index is 1.75. The van der Waals surface area contributed by atoms with Crippen LogP contribution in [0.5, 0.6) is 5.88 Å². The third-order valence-corrected chi connectivity index (χ3v) is 4.60. The van der Waals surface area contributed by atoms with Crippen molar-refractivity contribution in [1.29, 1.82) is 0 Å². The highest BCUT2D eigenvalue weighted by atomic mass is 19.4. The summed E-state index contributed by atoms with van der Waals surface area (Å²) < 4.78 is 41.6. The fraction of sp³-hybridized carbons (Fsp3) is 0.474. The molecule has 0 aliphatic carbocycles. The lowest BCUT2D eigenvalue weighted by Crippen LogP contribution is -2.49. The molecule has 0 bridgehead atoms. The number of rotatable bonds is 6. The quantitative estimate of drug-likeness (QED) is 0.736. The Bertz CT molecular complexity index is 935. The SMILES string of the molecule is Cc1nc(NCc2ccnc(OCC(F)(F)F)c2)nc2c1NC(=O)[C@H](C(C)C)N2C. The summed E-state index contributed by atoms with van der Waals surface area (Å²) in [5.41, 5.74) is 1.83. The molecule has 0 unspecified atom stereocenters. The van der Waals surface area contributed by atoms with E-state index in [1.54, 1.807) is 13.0 Å². The predicted octanol–water partition coefficient (Wildman–Crippen LogP) is 3.15. The summed E-state index contributed by atoms with van der Waals surface area (Å²) in [6.45, 7) is 4.54. The predicted molar refractivity (Wildman–Crippen MR) is 106 cm³/mol. The lowest BCUT2D eigenvalue weighted by molar-refractivity contribution is -0.154. The van der Waals surface area contributed by atoms with Gasteiger partial charge < -0.3 is 20.3 Å². The zero-order chi connectivity index (χ0) is 22.1. The molecular formula is C19H23F3N6O2. The van der Waals surface area contributed by atoms with Gasteiger partial charge in [-0.05, 0) is 24.5 Å². The number of halogens is 3. The molecule has 1 aliphatic heterocycles. The zero-order valence-corrected chi connectivity index (χ0v) is 17.0. The minimum atomic E-state index is -4.43. The standard InChI is InChI=1S/C19H23F3N6O2/c1-10(2)15-17(29)26-14-11(3)25-18(27-16(14)28(15)4)24-8-12-5-6-23-13(7-12)30-9-19(20,21)22/h5-7,10,15H,8-9H2,1-4H3,(H,26,29)(H,24,25,27)/t15-/m0/s1. The first-order valence-electron chi connectivity index (χ1n) is 9.36. The minimum Gasteiger partial charge on any atom is -0.468 e. The van der Waals surface area contributed by atoms with Crippen molar-refractivity contribution in [2.24, 2.45) is 5.92 Å². The summed E-state index contributed by atoms with van der Waals surface area (Å²) in [6, 6.07) is 2.72. The fourth-order valence-electron chi connectivity index (χ4n) is 3.27. The van der Waals surface area contributed by atoms with Crippen molar-refractivity contribution in [3.05, 3.63) is 29.6 Å². The van der Waals surface area contributed by atoms with E-state index in [0.717, 1.165) is 0 Å². The average molecular weight is 424 g/mol. The monoisotopic (exact) mass is 424 g/mol. The van der Waals surface area contributed by atoms with E-state index in [-0.39, 0.29) is 30.3 Å². The molecule has 0 radical (unpaired) electrons. The Kier molecular flexibility index (Phi) is 5.99. The first-order chi connectivity index (χ1) is 14.0.